The number of halogens is 2. The highest BCUT2D eigenvalue weighted by atomic mass is 35.5. The van der Waals surface area contributed by atoms with Gasteiger partial charge in [0.2, 0.25) is 0 Å². The Bertz CT molecular complexity index is 424. The summed E-state index contributed by atoms with van der Waals surface area (Å²) in [5, 5.41) is 4.43. The van der Waals surface area contributed by atoms with Crippen LogP contribution in [0, 0.1) is 0 Å². The maximum Gasteiger partial charge on any atom is 0.138 e. The van der Waals surface area contributed by atoms with Gasteiger partial charge in [0.25, 0.3) is 0 Å². The van der Waals surface area contributed by atoms with Crippen molar-refractivity contribution < 1.29 is 4.79 Å². The molecule has 0 atom stereocenters. The fraction of sp³-hybridized carbons (Fsp3) is 0.500. The summed E-state index contributed by atoms with van der Waals surface area (Å²) < 4.78 is 0. The van der Waals surface area contributed by atoms with Gasteiger partial charge in [0, 0.05) is 35.0 Å². The molecule has 0 bridgehead atoms. The highest BCUT2D eigenvalue weighted by Crippen LogP contribution is 2.21. The minimum Gasteiger partial charge on any atom is -0.312 e. The molecule has 0 fully saturated rings. The maximum atomic E-state index is 11.8. The maximum absolute atomic E-state index is 11.8. The summed E-state index contributed by atoms with van der Waals surface area (Å²) in [4.78, 5) is 11.8. The molecule has 0 aliphatic carbocycles. The van der Waals surface area contributed by atoms with Gasteiger partial charge in [0.05, 0.1) is 0 Å². The molecule has 2 nitrogen and oxygen atoms in total. The first kappa shape index (κ1) is 15.5. The van der Waals surface area contributed by atoms with E-state index >= 15 is 0 Å². The third kappa shape index (κ3) is 5.85. The lowest BCUT2D eigenvalue weighted by Crippen LogP contribution is -2.37. The first-order valence-corrected chi connectivity index (χ1v) is 6.74. The summed E-state index contributed by atoms with van der Waals surface area (Å²) in [6.45, 7) is 6.92. The molecule has 100 valence electrons. The molecule has 0 amide bonds. The molecule has 18 heavy (non-hydrogen) atoms. The molecule has 1 aromatic rings. The standard InChI is InChI=1S/C14H19Cl2NO/c1-14(2,3)17-7-6-12(18)8-10-4-5-11(15)9-13(10)16/h4-5,9,17H,6-8H2,1-3H3. The van der Waals surface area contributed by atoms with Gasteiger partial charge < -0.3 is 5.32 Å². The second-order valence-electron chi connectivity index (χ2n) is 5.38. The van der Waals surface area contributed by atoms with Gasteiger partial charge in [0.15, 0.2) is 0 Å². The average Bonchev–Trinajstić information content (AvgIpc) is 2.20. The van der Waals surface area contributed by atoms with Gasteiger partial charge in [-0.3, -0.25) is 4.79 Å². The van der Waals surface area contributed by atoms with Gasteiger partial charge >= 0.3 is 0 Å². The van der Waals surface area contributed by atoms with Crippen LogP contribution in [0.4, 0.5) is 0 Å². The van der Waals surface area contributed by atoms with Crippen molar-refractivity contribution in [3.05, 3.63) is 33.8 Å². The SMILES string of the molecule is CC(C)(C)NCCC(=O)Cc1ccc(Cl)cc1Cl. The van der Waals surface area contributed by atoms with Crippen molar-refractivity contribution in [3.63, 3.8) is 0 Å². The summed E-state index contributed by atoms with van der Waals surface area (Å²) in [5.41, 5.74) is 0.875. The van der Waals surface area contributed by atoms with Gasteiger partial charge in [-0.2, -0.15) is 0 Å². The van der Waals surface area contributed by atoms with E-state index in [1.165, 1.54) is 0 Å². The number of benzene rings is 1. The van der Waals surface area contributed by atoms with E-state index in [1.54, 1.807) is 18.2 Å². The molecule has 0 heterocycles. The van der Waals surface area contributed by atoms with E-state index < -0.39 is 0 Å². The predicted octanol–water partition coefficient (Wildman–Crippen LogP) is 3.88. The minimum atomic E-state index is 0.0399. The average molecular weight is 288 g/mol. The molecule has 4 heteroatoms. The summed E-state index contributed by atoms with van der Waals surface area (Å²) >= 11 is 11.8. The van der Waals surface area contributed by atoms with Crippen LogP contribution in [0.3, 0.4) is 0 Å². The van der Waals surface area contributed by atoms with Crippen molar-refractivity contribution in [2.75, 3.05) is 6.54 Å². The van der Waals surface area contributed by atoms with Gasteiger partial charge in [0.1, 0.15) is 5.78 Å². The third-order valence-corrected chi connectivity index (χ3v) is 3.05. The molecule has 0 aliphatic heterocycles. The van der Waals surface area contributed by atoms with Crippen LogP contribution in [0.5, 0.6) is 0 Å². The van der Waals surface area contributed by atoms with E-state index in [0.717, 1.165) is 5.56 Å². The largest absolute Gasteiger partial charge is 0.312 e. The van der Waals surface area contributed by atoms with Crippen molar-refractivity contribution in [2.45, 2.75) is 39.2 Å². The quantitative estimate of drug-likeness (QED) is 0.890. The fourth-order valence-corrected chi connectivity index (χ4v) is 2.02. The third-order valence-electron chi connectivity index (χ3n) is 2.46. The molecule has 1 aromatic carbocycles. The Morgan fingerprint density at radius 1 is 1.28 bits per heavy atom. The van der Waals surface area contributed by atoms with Crippen molar-refractivity contribution in [3.8, 4) is 0 Å². The molecule has 0 aromatic heterocycles. The molecular weight excluding hydrogens is 269 g/mol. The zero-order valence-electron chi connectivity index (χ0n) is 11.0. The van der Waals surface area contributed by atoms with E-state index in [-0.39, 0.29) is 11.3 Å². The monoisotopic (exact) mass is 287 g/mol. The highest BCUT2D eigenvalue weighted by Gasteiger charge is 2.11. The Morgan fingerprint density at radius 2 is 1.94 bits per heavy atom. The summed E-state index contributed by atoms with van der Waals surface area (Å²) in [6.07, 6.45) is 0.873. The zero-order chi connectivity index (χ0) is 13.8. The normalized spacial score (nSPS) is 11.6. The van der Waals surface area contributed by atoms with Crippen LogP contribution in [-0.4, -0.2) is 17.9 Å². The van der Waals surface area contributed by atoms with Crippen LogP contribution < -0.4 is 5.32 Å². The number of carbonyl (C=O) groups is 1. The predicted molar refractivity (Wildman–Crippen MR) is 77.5 cm³/mol. The van der Waals surface area contributed by atoms with Crippen LogP contribution in [0.25, 0.3) is 0 Å². The molecule has 0 saturated heterocycles. The molecule has 0 radical (unpaired) electrons. The van der Waals surface area contributed by atoms with Gasteiger partial charge in [-0.25, -0.2) is 0 Å². The Balaban J connectivity index is 2.45. The minimum absolute atomic E-state index is 0.0399. The smallest absolute Gasteiger partial charge is 0.138 e. The second-order valence-corrected chi connectivity index (χ2v) is 6.22. The summed E-state index contributed by atoms with van der Waals surface area (Å²) in [7, 11) is 0. The van der Waals surface area contributed by atoms with Gasteiger partial charge in [-0.15, -0.1) is 0 Å². The van der Waals surface area contributed by atoms with Crippen molar-refractivity contribution in [2.24, 2.45) is 0 Å². The van der Waals surface area contributed by atoms with Crippen molar-refractivity contribution >= 4 is 29.0 Å². The Kier molecular flexibility index (Phi) is 5.64. The van der Waals surface area contributed by atoms with Crippen LogP contribution in [0.2, 0.25) is 10.0 Å². The molecule has 0 spiro atoms. The lowest BCUT2D eigenvalue weighted by atomic mass is 10.1. The molecule has 1 N–H and O–H groups in total. The zero-order valence-corrected chi connectivity index (χ0v) is 12.5. The highest BCUT2D eigenvalue weighted by molar-refractivity contribution is 6.35. The van der Waals surface area contributed by atoms with Gasteiger partial charge in [-0.1, -0.05) is 29.3 Å². The van der Waals surface area contributed by atoms with Gasteiger partial charge in [-0.05, 0) is 38.5 Å². The number of rotatable bonds is 5. The number of hydrogen-bond donors (Lipinski definition) is 1. The van der Waals surface area contributed by atoms with E-state index in [2.05, 4.69) is 26.1 Å². The summed E-state index contributed by atoms with van der Waals surface area (Å²) in [6, 6.07) is 5.22. The Morgan fingerprint density at radius 3 is 2.50 bits per heavy atom. The number of nitrogens with one attached hydrogen (secondary N) is 1. The first-order chi connectivity index (χ1) is 8.28. The van der Waals surface area contributed by atoms with Crippen LogP contribution >= 0.6 is 23.2 Å². The number of hydrogen-bond acceptors (Lipinski definition) is 2. The van der Waals surface area contributed by atoms with Crippen LogP contribution in [0.15, 0.2) is 18.2 Å². The van der Waals surface area contributed by atoms with Crippen LogP contribution in [0.1, 0.15) is 32.8 Å². The van der Waals surface area contributed by atoms with Crippen molar-refractivity contribution in [1.29, 1.82) is 0 Å². The van der Waals surface area contributed by atoms with E-state index in [4.69, 9.17) is 23.2 Å². The van der Waals surface area contributed by atoms with E-state index in [9.17, 15) is 4.79 Å². The molecule has 1 rings (SSSR count). The fourth-order valence-electron chi connectivity index (χ4n) is 1.54. The van der Waals surface area contributed by atoms with Crippen molar-refractivity contribution in [1.82, 2.24) is 5.32 Å². The number of ketones is 1. The summed E-state index contributed by atoms with van der Waals surface area (Å²) in [5.74, 6) is 0.177. The lowest BCUT2D eigenvalue weighted by molar-refractivity contribution is -0.118. The number of Topliss-reactive ketones (excluding diaryl/α,β-unsaturated/α-hetero) is 1. The molecule has 0 unspecified atom stereocenters. The first-order valence-electron chi connectivity index (χ1n) is 5.98. The van der Waals surface area contributed by atoms with Crippen LogP contribution in [-0.2, 0) is 11.2 Å². The van der Waals surface area contributed by atoms with E-state index in [0.29, 0.717) is 29.4 Å². The molecule has 0 aliphatic rings. The molecular formula is C14H19Cl2NO. The second kappa shape index (κ2) is 6.55. The molecule has 0 saturated carbocycles. The number of carbonyl (C=O) groups excluding carboxylic acids is 1. The Hall–Kier alpha value is -0.570. The Labute approximate surface area is 119 Å². The topological polar surface area (TPSA) is 29.1 Å². The van der Waals surface area contributed by atoms with E-state index in [1.807, 2.05) is 0 Å². The lowest BCUT2D eigenvalue weighted by Gasteiger charge is -2.20.